The maximum atomic E-state index is 12.0. The number of fused-ring (bicyclic) bond motifs is 1. The Kier molecular flexibility index (Phi) is 5.27. The number of ether oxygens (including phenoxy) is 2. The van der Waals surface area contributed by atoms with Crippen LogP contribution in [0.25, 0.3) is 0 Å². The third kappa shape index (κ3) is 3.58. The van der Waals surface area contributed by atoms with E-state index in [0.717, 1.165) is 0 Å². The number of carbonyl (C=O) groups is 1. The minimum atomic E-state index is -0.679. The van der Waals surface area contributed by atoms with E-state index in [0.29, 0.717) is 29.7 Å². The molecular weight excluding hydrogens is 296 g/mol. The molecule has 0 bridgehead atoms. The van der Waals surface area contributed by atoms with Gasteiger partial charge in [0.15, 0.2) is 0 Å². The predicted octanol–water partition coefficient (Wildman–Crippen LogP) is 0.595. The number of alkyl halides is 1. The number of hydrogen-bond acceptors (Lipinski definition) is 5. The van der Waals surface area contributed by atoms with Crippen molar-refractivity contribution in [2.45, 2.75) is 6.04 Å². The van der Waals surface area contributed by atoms with Crippen LogP contribution in [0.2, 0.25) is 0 Å². The summed E-state index contributed by atoms with van der Waals surface area (Å²) in [7, 11) is 1.65. The Morgan fingerprint density at radius 2 is 2.38 bits per heavy atom. The van der Waals surface area contributed by atoms with Gasteiger partial charge in [-0.1, -0.05) is 0 Å². The van der Waals surface area contributed by atoms with E-state index in [4.69, 9.17) is 31.9 Å². The summed E-state index contributed by atoms with van der Waals surface area (Å²) in [5.74, 6) is 1.14. The molecule has 7 heteroatoms. The molecule has 1 heterocycles. The number of amides is 1. The molecule has 1 aromatic rings. The van der Waals surface area contributed by atoms with Crippen molar-refractivity contribution in [3.05, 3.63) is 18.2 Å². The average Bonchev–Trinajstić information content (AvgIpc) is 2.61. The third-order valence-electron chi connectivity index (χ3n) is 3.32. The smallest absolute Gasteiger partial charge is 0.247 e. The van der Waals surface area contributed by atoms with Crippen LogP contribution < -0.4 is 20.1 Å². The predicted molar refractivity (Wildman–Crippen MR) is 80.1 cm³/mol. The third-order valence-corrected chi connectivity index (χ3v) is 3.76. The van der Waals surface area contributed by atoms with Gasteiger partial charge in [0.2, 0.25) is 5.91 Å². The summed E-state index contributed by atoms with van der Waals surface area (Å²) in [6.07, 6.45) is 0. The minimum absolute atomic E-state index is 0.0369. The van der Waals surface area contributed by atoms with Crippen LogP contribution in [0.4, 0.5) is 5.69 Å². The molecule has 0 fully saturated rings. The summed E-state index contributed by atoms with van der Waals surface area (Å²) in [4.78, 5) is 13.5. The molecular formula is C14H19ClN2O4. The molecule has 0 saturated carbocycles. The molecule has 1 unspecified atom stereocenters. The number of hydrogen-bond donors (Lipinski definition) is 2. The van der Waals surface area contributed by atoms with Gasteiger partial charge < -0.3 is 25.2 Å². The molecule has 1 aliphatic rings. The molecule has 116 valence electrons. The van der Waals surface area contributed by atoms with Gasteiger partial charge in [0.25, 0.3) is 0 Å². The number of carbonyl (C=O) groups excluding carboxylic acids is 1. The Morgan fingerprint density at radius 3 is 3.05 bits per heavy atom. The fourth-order valence-electron chi connectivity index (χ4n) is 1.95. The summed E-state index contributed by atoms with van der Waals surface area (Å²) in [6, 6.07) is 4.52. The van der Waals surface area contributed by atoms with Gasteiger partial charge in [0.05, 0.1) is 18.9 Å². The zero-order valence-electron chi connectivity index (χ0n) is 11.8. The number of likely N-dealkylation sites (N-methyl/N-ethyl adjacent to an activating group) is 1. The van der Waals surface area contributed by atoms with Crippen LogP contribution in [0.5, 0.6) is 11.5 Å². The van der Waals surface area contributed by atoms with E-state index >= 15 is 0 Å². The Labute approximate surface area is 128 Å². The van der Waals surface area contributed by atoms with Crippen LogP contribution in [-0.4, -0.2) is 49.8 Å². The van der Waals surface area contributed by atoms with Gasteiger partial charge in [-0.3, -0.25) is 4.79 Å². The zero-order chi connectivity index (χ0) is 15.4. The fourth-order valence-corrected chi connectivity index (χ4v) is 2.14. The van der Waals surface area contributed by atoms with Crippen molar-refractivity contribution in [3.8, 4) is 11.5 Å². The fraction of sp³-hybridized carbons (Fsp3) is 0.500. The molecule has 1 aliphatic heterocycles. The first kappa shape index (κ1) is 15.9. The molecule has 2 atom stereocenters. The first-order valence-corrected chi connectivity index (χ1v) is 7.20. The van der Waals surface area contributed by atoms with Crippen molar-refractivity contribution in [2.24, 2.45) is 11.7 Å². The lowest BCUT2D eigenvalue weighted by atomic mass is 10.2. The lowest BCUT2D eigenvalue weighted by Gasteiger charge is -2.19. The van der Waals surface area contributed by atoms with E-state index in [9.17, 15) is 4.79 Å². The topological polar surface area (TPSA) is 85.0 Å². The van der Waals surface area contributed by atoms with E-state index in [1.165, 1.54) is 4.90 Å². The van der Waals surface area contributed by atoms with Crippen LogP contribution in [0.3, 0.4) is 0 Å². The van der Waals surface area contributed by atoms with Gasteiger partial charge in [-0.25, -0.2) is 0 Å². The van der Waals surface area contributed by atoms with Crippen molar-refractivity contribution < 1.29 is 19.4 Å². The molecule has 0 saturated heterocycles. The van der Waals surface area contributed by atoms with Gasteiger partial charge in [0, 0.05) is 24.9 Å². The maximum absolute atomic E-state index is 12.0. The molecule has 0 aliphatic carbocycles. The Hall–Kier alpha value is -1.50. The lowest BCUT2D eigenvalue weighted by molar-refractivity contribution is -0.119. The van der Waals surface area contributed by atoms with Crippen LogP contribution >= 0.6 is 11.6 Å². The van der Waals surface area contributed by atoms with Crippen molar-refractivity contribution in [1.29, 1.82) is 0 Å². The first-order valence-electron chi connectivity index (χ1n) is 6.66. The molecule has 6 nitrogen and oxygen atoms in total. The second-order valence-corrected chi connectivity index (χ2v) is 5.27. The monoisotopic (exact) mass is 314 g/mol. The SMILES string of the molecule is CN1C(=O)[C@@H](N)COc2ccc(OCC(CO)CCl)cc21. The van der Waals surface area contributed by atoms with Gasteiger partial charge in [-0.05, 0) is 12.1 Å². The number of aliphatic hydroxyl groups is 1. The van der Waals surface area contributed by atoms with Gasteiger partial charge in [0.1, 0.15) is 24.1 Å². The standard InChI is InChI=1S/C14H19ClN2O4/c1-17-12-4-10(20-7-9(5-15)6-18)2-3-13(12)21-8-11(16)14(17)19/h2-4,9,11,18H,5-8,16H2,1H3/t9?,11-/m0/s1. The first-order chi connectivity index (χ1) is 10.1. The summed E-state index contributed by atoms with van der Waals surface area (Å²) in [5, 5.41) is 9.09. The summed E-state index contributed by atoms with van der Waals surface area (Å²) in [5.41, 5.74) is 6.34. The molecule has 0 radical (unpaired) electrons. The van der Waals surface area contributed by atoms with Crippen LogP contribution in [0.15, 0.2) is 18.2 Å². The summed E-state index contributed by atoms with van der Waals surface area (Å²) < 4.78 is 11.1. The Morgan fingerprint density at radius 1 is 1.62 bits per heavy atom. The number of nitrogens with two attached hydrogens (primary N) is 1. The molecule has 2 rings (SSSR count). The summed E-state index contributed by atoms with van der Waals surface area (Å²) >= 11 is 5.70. The Bertz CT molecular complexity index is 508. The van der Waals surface area contributed by atoms with Gasteiger partial charge in [-0.2, -0.15) is 0 Å². The van der Waals surface area contributed by atoms with E-state index in [1.807, 2.05) is 0 Å². The second kappa shape index (κ2) is 6.98. The molecule has 0 spiro atoms. The van der Waals surface area contributed by atoms with Crippen molar-refractivity contribution in [1.82, 2.24) is 0 Å². The lowest BCUT2D eigenvalue weighted by Crippen LogP contribution is -2.43. The van der Waals surface area contributed by atoms with Crippen molar-refractivity contribution >= 4 is 23.2 Å². The van der Waals surface area contributed by atoms with E-state index in [-0.39, 0.29) is 25.0 Å². The van der Waals surface area contributed by atoms with E-state index < -0.39 is 6.04 Å². The zero-order valence-corrected chi connectivity index (χ0v) is 12.5. The van der Waals surface area contributed by atoms with Crippen LogP contribution in [0.1, 0.15) is 0 Å². The largest absolute Gasteiger partial charge is 0.493 e. The number of halogens is 1. The maximum Gasteiger partial charge on any atom is 0.247 e. The van der Waals surface area contributed by atoms with Gasteiger partial charge in [-0.15, -0.1) is 11.6 Å². The molecule has 3 N–H and O–H groups in total. The van der Waals surface area contributed by atoms with Crippen LogP contribution in [0, 0.1) is 5.92 Å². The number of nitrogens with zero attached hydrogens (tertiary/aromatic N) is 1. The minimum Gasteiger partial charge on any atom is -0.493 e. The molecule has 21 heavy (non-hydrogen) atoms. The average molecular weight is 315 g/mol. The quantitative estimate of drug-likeness (QED) is 0.777. The number of benzene rings is 1. The van der Waals surface area contributed by atoms with Crippen LogP contribution in [-0.2, 0) is 4.79 Å². The highest BCUT2D eigenvalue weighted by molar-refractivity contribution is 6.18. The highest BCUT2D eigenvalue weighted by Gasteiger charge is 2.26. The molecule has 1 amide bonds. The van der Waals surface area contributed by atoms with E-state index in [2.05, 4.69) is 0 Å². The highest BCUT2D eigenvalue weighted by atomic mass is 35.5. The van der Waals surface area contributed by atoms with E-state index in [1.54, 1.807) is 25.2 Å². The van der Waals surface area contributed by atoms with Crippen molar-refractivity contribution in [3.63, 3.8) is 0 Å². The second-order valence-electron chi connectivity index (χ2n) is 4.96. The van der Waals surface area contributed by atoms with Crippen molar-refractivity contribution in [2.75, 3.05) is 37.6 Å². The normalized spacial score (nSPS) is 19.5. The highest BCUT2D eigenvalue weighted by Crippen LogP contribution is 2.34. The molecule has 0 aromatic heterocycles. The summed E-state index contributed by atoms with van der Waals surface area (Å²) in [6.45, 7) is 0.414. The Balaban J connectivity index is 2.16. The number of rotatable bonds is 5. The number of aliphatic hydroxyl groups excluding tert-OH is 1. The number of anilines is 1. The van der Waals surface area contributed by atoms with Gasteiger partial charge >= 0.3 is 0 Å². The molecule has 1 aromatic carbocycles.